The first-order valence-corrected chi connectivity index (χ1v) is 15.3. The number of aliphatic hydroxyl groups excluding tert-OH is 1. The molecule has 0 aliphatic carbocycles. The molecule has 13 nitrogen and oxygen atoms in total. The Morgan fingerprint density at radius 2 is 1.98 bits per heavy atom. The SMILES string of the molecule is COc1nc(Nc2nccc(-c3ccc(OCC4CCN(C(=O)C(C)O)C4)c(C#N)c3)n2)ccc1N1CCN(C2COC2)CC1. The molecule has 0 spiro atoms. The third kappa shape index (κ3) is 6.93. The molecular formula is C32H38N8O5. The number of piperazine rings is 1. The number of nitrogens with zero attached hydrogens (tertiary/aromatic N) is 7. The topological polar surface area (TPSA) is 149 Å². The van der Waals surface area contributed by atoms with E-state index in [1.54, 1.807) is 36.4 Å². The van der Waals surface area contributed by atoms with Gasteiger partial charge in [-0.05, 0) is 49.7 Å². The molecule has 1 amide bonds. The van der Waals surface area contributed by atoms with Gasteiger partial charge in [0.05, 0.1) is 44.2 Å². The van der Waals surface area contributed by atoms with Crippen molar-refractivity contribution in [2.24, 2.45) is 5.92 Å². The molecule has 6 rings (SSSR count). The Morgan fingerprint density at radius 3 is 2.69 bits per heavy atom. The number of carbonyl (C=O) groups excluding carboxylic acids is 1. The lowest BCUT2D eigenvalue weighted by Gasteiger charge is -2.43. The molecule has 3 fully saturated rings. The summed E-state index contributed by atoms with van der Waals surface area (Å²) in [6, 6.07) is 13.8. The number of carbonyl (C=O) groups is 1. The summed E-state index contributed by atoms with van der Waals surface area (Å²) in [5, 5.41) is 22.6. The second-order valence-corrected chi connectivity index (χ2v) is 11.6. The fraction of sp³-hybridized carbons (Fsp3) is 0.469. The van der Waals surface area contributed by atoms with Crippen LogP contribution in [-0.2, 0) is 9.53 Å². The lowest BCUT2D eigenvalue weighted by atomic mass is 10.1. The number of nitriles is 1. The first-order valence-electron chi connectivity index (χ1n) is 15.3. The molecule has 5 heterocycles. The van der Waals surface area contributed by atoms with Gasteiger partial charge in [-0.25, -0.2) is 9.97 Å². The highest BCUT2D eigenvalue weighted by Gasteiger charge is 2.30. The van der Waals surface area contributed by atoms with Crippen molar-refractivity contribution in [3.8, 4) is 29.0 Å². The minimum absolute atomic E-state index is 0.133. The molecule has 0 bridgehead atoms. The number of nitrogens with one attached hydrogen (secondary N) is 1. The quantitative estimate of drug-likeness (QED) is 0.345. The van der Waals surface area contributed by atoms with Crippen LogP contribution < -0.4 is 19.7 Å². The van der Waals surface area contributed by atoms with Crippen molar-refractivity contribution in [1.29, 1.82) is 5.26 Å². The van der Waals surface area contributed by atoms with Crippen molar-refractivity contribution < 1.29 is 24.1 Å². The lowest BCUT2D eigenvalue weighted by Crippen LogP contribution is -2.56. The van der Waals surface area contributed by atoms with Crippen LogP contribution in [0.4, 0.5) is 17.5 Å². The predicted octanol–water partition coefficient (Wildman–Crippen LogP) is 2.29. The zero-order chi connectivity index (χ0) is 31.3. The molecule has 2 unspecified atom stereocenters. The van der Waals surface area contributed by atoms with Crippen molar-refractivity contribution in [2.45, 2.75) is 25.5 Å². The van der Waals surface area contributed by atoms with E-state index in [0.717, 1.165) is 57.1 Å². The first-order chi connectivity index (χ1) is 21.9. The van der Waals surface area contributed by atoms with Gasteiger partial charge in [0.2, 0.25) is 11.8 Å². The van der Waals surface area contributed by atoms with E-state index >= 15 is 0 Å². The van der Waals surface area contributed by atoms with E-state index in [9.17, 15) is 15.2 Å². The number of benzene rings is 1. The number of likely N-dealkylation sites (tertiary alicyclic amines) is 1. The van der Waals surface area contributed by atoms with Crippen LogP contribution in [0.15, 0.2) is 42.6 Å². The van der Waals surface area contributed by atoms with Crippen LogP contribution in [0.1, 0.15) is 18.9 Å². The van der Waals surface area contributed by atoms with Gasteiger partial charge in [-0.1, -0.05) is 0 Å². The van der Waals surface area contributed by atoms with Crippen LogP contribution in [-0.4, -0.2) is 114 Å². The van der Waals surface area contributed by atoms with Gasteiger partial charge in [-0.3, -0.25) is 9.69 Å². The van der Waals surface area contributed by atoms with Gasteiger partial charge in [0, 0.05) is 56.9 Å². The van der Waals surface area contributed by atoms with Gasteiger partial charge in [-0.15, -0.1) is 0 Å². The summed E-state index contributed by atoms with van der Waals surface area (Å²) >= 11 is 0. The molecule has 1 aromatic carbocycles. The lowest BCUT2D eigenvalue weighted by molar-refractivity contribution is -0.138. The minimum Gasteiger partial charge on any atom is -0.492 e. The van der Waals surface area contributed by atoms with E-state index in [-0.39, 0.29) is 11.8 Å². The second-order valence-electron chi connectivity index (χ2n) is 11.6. The monoisotopic (exact) mass is 614 g/mol. The van der Waals surface area contributed by atoms with Gasteiger partial charge in [-0.2, -0.15) is 10.2 Å². The number of methoxy groups -OCH3 is 1. The second kappa shape index (κ2) is 13.6. The Morgan fingerprint density at radius 1 is 1.16 bits per heavy atom. The van der Waals surface area contributed by atoms with Crippen LogP contribution in [0.25, 0.3) is 11.3 Å². The molecule has 2 N–H and O–H groups in total. The first kappa shape index (κ1) is 30.5. The van der Waals surface area contributed by atoms with E-state index in [1.807, 2.05) is 18.2 Å². The van der Waals surface area contributed by atoms with Crippen molar-refractivity contribution >= 4 is 23.4 Å². The van der Waals surface area contributed by atoms with Crippen LogP contribution in [0.3, 0.4) is 0 Å². The number of rotatable bonds is 10. The fourth-order valence-corrected chi connectivity index (χ4v) is 5.89. The summed E-state index contributed by atoms with van der Waals surface area (Å²) < 4.78 is 17.0. The van der Waals surface area contributed by atoms with E-state index in [2.05, 4.69) is 36.1 Å². The molecule has 2 atom stereocenters. The largest absolute Gasteiger partial charge is 0.492 e. The number of ether oxygens (including phenoxy) is 3. The molecule has 13 heteroatoms. The Labute approximate surface area is 262 Å². The summed E-state index contributed by atoms with van der Waals surface area (Å²) in [5.74, 6) is 1.79. The van der Waals surface area contributed by atoms with Crippen LogP contribution in [0.2, 0.25) is 0 Å². The predicted molar refractivity (Wildman–Crippen MR) is 167 cm³/mol. The average Bonchev–Trinajstić information content (AvgIpc) is 3.52. The van der Waals surface area contributed by atoms with Crippen LogP contribution in [0.5, 0.6) is 11.6 Å². The smallest absolute Gasteiger partial charge is 0.251 e. The maximum atomic E-state index is 12.1. The van der Waals surface area contributed by atoms with Crippen molar-refractivity contribution in [1.82, 2.24) is 24.8 Å². The summed E-state index contributed by atoms with van der Waals surface area (Å²) in [6.45, 7) is 8.36. The summed E-state index contributed by atoms with van der Waals surface area (Å²) in [4.78, 5) is 32.2. The van der Waals surface area contributed by atoms with Crippen molar-refractivity contribution in [2.75, 3.05) is 76.4 Å². The standard InChI is InChI=1S/C32H38N8O5/c1-21(41)31(42)40-10-8-22(17-40)18-45-28-5-3-23(15-24(28)16-33)26-7-9-34-32(35-26)37-29-6-4-27(30(36-29)43-2)39-13-11-38(12-14-39)25-19-44-20-25/h3-7,9,15,21-22,25,41H,8,10-14,17-20H2,1-2H3,(H,34,35,36,37). The van der Waals surface area contributed by atoms with Crippen LogP contribution >= 0.6 is 0 Å². The maximum Gasteiger partial charge on any atom is 0.251 e. The number of hydrogen-bond donors (Lipinski definition) is 2. The molecule has 0 radical (unpaired) electrons. The number of amides is 1. The maximum absolute atomic E-state index is 12.1. The normalized spacial score (nSPS) is 19.5. The van der Waals surface area contributed by atoms with Crippen LogP contribution in [0, 0.1) is 17.2 Å². The third-order valence-electron chi connectivity index (χ3n) is 8.55. The Hall–Kier alpha value is -4.51. The Bertz CT molecular complexity index is 1550. The molecule has 45 heavy (non-hydrogen) atoms. The van der Waals surface area contributed by atoms with Gasteiger partial charge in [0.15, 0.2) is 0 Å². The summed E-state index contributed by atoms with van der Waals surface area (Å²) in [6.07, 6.45) is 1.43. The third-order valence-corrected chi connectivity index (χ3v) is 8.55. The zero-order valence-corrected chi connectivity index (χ0v) is 25.6. The molecule has 3 aliphatic heterocycles. The number of pyridine rings is 1. The van der Waals surface area contributed by atoms with E-state index in [4.69, 9.17) is 14.2 Å². The van der Waals surface area contributed by atoms with Gasteiger partial charge in [0.25, 0.3) is 5.91 Å². The van der Waals surface area contributed by atoms with Gasteiger partial charge in [0.1, 0.15) is 29.4 Å². The Kier molecular flexibility index (Phi) is 9.25. The summed E-state index contributed by atoms with van der Waals surface area (Å²) in [7, 11) is 1.62. The van der Waals surface area contributed by atoms with E-state index in [0.29, 0.717) is 60.4 Å². The summed E-state index contributed by atoms with van der Waals surface area (Å²) in [5.41, 5.74) is 2.72. The molecule has 2 aromatic heterocycles. The fourth-order valence-electron chi connectivity index (χ4n) is 5.89. The number of hydrogen-bond acceptors (Lipinski definition) is 12. The molecular weight excluding hydrogens is 576 g/mol. The van der Waals surface area contributed by atoms with Crippen molar-refractivity contribution in [3.05, 3.63) is 48.2 Å². The van der Waals surface area contributed by atoms with E-state index < -0.39 is 6.10 Å². The highest BCUT2D eigenvalue weighted by molar-refractivity contribution is 5.80. The minimum atomic E-state index is -1.01. The van der Waals surface area contributed by atoms with Crippen molar-refractivity contribution in [3.63, 3.8) is 0 Å². The molecule has 3 aromatic rings. The molecule has 236 valence electrons. The highest BCUT2D eigenvalue weighted by atomic mass is 16.5. The number of aliphatic hydroxyl groups is 1. The van der Waals surface area contributed by atoms with Gasteiger partial charge >= 0.3 is 0 Å². The van der Waals surface area contributed by atoms with Gasteiger partial charge < -0.3 is 34.4 Å². The zero-order valence-electron chi connectivity index (χ0n) is 25.6. The number of anilines is 3. The molecule has 3 aliphatic rings. The highest BCUT2D eigenvalue weighted by Crippen LogP contribution is 2.31. The number of aromatic nitrogens is 3. The molecule has 3 saturated heterocycles. The molecule has 0 saturated carbocycles. The Balaban J connectivity index is 1.09. The average molecular weight is 615 g/mol. The van der Waals surface area contributed by atoms with E-state index in [1.165, 1.54) is 6.92 Å².